The average molecular weight is 335 g/mol. The van der Waals surface area contributed by atoms with Crippen LogP contribution in [-0.2, 0) is 0 Å². The lowest BCUT2D eigenvalue weighted by molar-refractivity contribution is 0.212. The topological polar surface area (TPSA) is 35.8 Å². The maximum atomic E-state index is 8.93. The third kappa shape index (κ3) is 3.55. The van der Waals surface area contributed by atoms with Gasteiger partial charge in [0.1, 0.15) is 0 Å². The summed E-state index contributed by atoms with van der Waals surface area (Å²) in [7, 11) is 0. The third-order valence-corrected chi connectivity index (χ3v) is 5.12. The number of hydrogen-bond acceptors (Lipinski definition) is 2. The first kappa shape index (κ1) is 15.4. The zero-order chi connectivity index (χ0) is 14.7. The number of hydrogen-bond donors (Lipinski definition) is 1. The third-order valence-electron chi connectivity index (χ3n) is 4.46. The molecule has 0 saturated heterocycles. The minimum absolute atomic E-state index is 0.531. The number of rotatable bonds is 3. The molecule has 20 heavy (non-hydrogen) atoms. The van der Waals surface area contributed by atoms with Gasteiger partial charge < -0.3 is 5.32 Å². The molecular weight excluding hydrogens is 312 g/mol. The van der Waals surface area contributed by atoms with E-state index in [2.05, 4.69) is 48.1 Å². The first-order valence-electron chi connectivity index (χ1n) is 7.47. The second kappa shape index (κ2) is 6.63. The number of halogens is 1. The van der Waals surface area contributed by atoms with Crippen LogP contribution in [0.2, 0.25) is 0 Å². The van der Waals surface area contributed by atoms with Gasteiger partial charge >= 0.3 is 0 Å². The fourth-order valence-corrected chi connectivity index (χ4v) is 3.76. The van der Waals surface area contributed by atoms with E-state index in [0.717, 1.165) is 22.0 Å². The van der Waals surface area contributed by atoms with Crippen molar-refractivity contribution in [2.75, 3.05) is 5.32 Å². The van der Waals surface area contributed by atoms with Gasteiger partial charge in [-0.2, -0.15) is 5.26 Å². The monoisotopic (exact) mass is 334 g/mol. The van der Waals surface area contributed by atoms with Crippen LogP contribution in [0, 0.1) is 29.1 Å². The minimum atomic E-state index is 0.531. The summed E-state index contributed by atoms with van der Waals surface area (Å²) in [5.41, 5.74) is 1.80. The Labute approximate surface area is 130 Å². The van der Waals surface area contributed by atoms with E-state index in [1.807, 2.05) is 18.2 Å². The first-order chi connectivity index (χ1) is 9.51. The van der Waals surface area contributed by atoms with Gasteiger partial charge in [0.05, 0.1) is 11.6 Å². The first-order valence-corrected chi connectivity index (χ1v) is 8.26. The van der Waals surface area contributed by atoms with Crippen LogP contribution in [0.3, 0.4) is 0 Å². The number of nitrogens with one attached hydrogen (secondary N) is 1. The van der Waals surface area contributed by atoms with Crippen LogP contribution in [0.1, 0.15) is 45.6 Å². The van der Waals surface area contributed by atoms with Gasteiger partial charge in [0.2, 0.25) is 0 Å². The van der Waals surface area contributed by atoms with Gasteiger partial charge in [-0.25, -0.2) is 0 Å². The summed E-state index contributed by atoms with van der Waals surface area (Å²) in [6.45, 7) is 6.99. The van der Waals surface area contributed by atoms with Gasteiger partial charge in [-0.15, -0.1) is 0 Å². The van der Waals surface area contributed by atoms with Crippen LogP contribution in [0.25, 0.3) is 0 Å². The standard InChI is InChI=1S/C17H23BrN2/c1-11(2)14-6-4-12(3)8-17(14)20-16-7-5-13(10-19)9-15(16)18/h5,7,9,11-12,14,17,20H,4,6,8H2,1-3H3. The molecule has 2 rings (SSSR count). The molecular formula is C17H23BrN2. The highest BCUT2D eigenvalue weighted by atomic mass is 79.9. The van der Waals surface area contributed by atoms with Crippen LogP contribution < -0.4 is 5.32 Å². The molecule has 0 amide bonds. The van der Waals surface area contributed by atoms with Crippen LogP contribution in [-0.4, -0.2) is 6.04 Å². The van der Waals surface area contributed by atoms with Crippen molar-refractivity contribution < 1.29 is 0 Å². The predicted octanol–water partition coefficient (Wildman–Crippen LogP) is 5.19. The number of benzene rings is 1. The fourth-order valence-electron chi connectivity index (χ4n) is 3.27. The molecule has 0 radical (unpaired) electrons. The lowest BCUT2D eigenvalue weighted by Gasteiger charge is -2.38. The van der Waals surface area contributed by atoms with Crippen LogP contribution in [0.5, 0.6) is 0 Å². The molecule has 1 aromatic carbocycles. The number of nitriles is 1. The van der Waals surface area contributed by atoms with E-state index >= 15 is 0 Å². The smallest absolute Gasteiger partial charge is 0.0992 e. The summed E-state index contributed by atoms with van der Waals surface area (Å²) in [5, 5.41) is 12.6. The molecule has 1 aliphatic rings. The lowest BCUT2D eigenvalue weighted by atomic mass is 9.74. The Hall–Kier alpha value is -1.01. The fraction of sp³-hybridized carbons (Fsp3) is 0.588. The van der Waals surface area contributed by atoms with Gasteiger partial charge in [0, 0.05) is 16.2 Å². The van der Waals surface area contributed by atoms with Gasteiger partial charge in [0.25, 0.3) is 0 Å². The summed E-state index contributed by atoms with van der Waals surface area (Å²) >= 11 is 3.57. The maximum Gasteiger partial charge on any atom is 0.0992 e. The molecule has 3 atom stereocenters. The van der Waals surface area contributed by atoms with Gasteiger partial charge in [-0.1, -0.05) is 27.2 Å². The van der Waals surface area contributed by atoms with Crippen LogP contribution >= 0.6 is 15.9 Å². The molecule has 3 heteroatoms. The van der Waals surface area contributed by atoms with Crippen molar-refractivity contribution >= 4 is 21.6 Å². The molecule has 0 aliphatic heterocycles. The Morgan fingerprint density at radius 1 is 1.35 bits per heavy atom. The maximum absolute atomic E-state index is 8.93. The highest BCUT2D eigenvalue weighted by molar-refractivity contribution is 9.10. The Morgan fingerprint density at radius 3 is 2.70 bits per heavy atom. The molecule has 1 fully saturated rings. The Balaban J connectivity index is 2.16. The molecule has 1 N–H and O–H groups in total. The quantitative estimate of drug-likeness (QED) is 0.825. The van der Waals surface area contributed by atoms with E-state index in [4.69, 9.17) is 5.26 Å². The van der Waals surface area contributed by atoms with E-state index in [-0.39, 0.29) is 0 Å². The van der Waals surface area contributed by atoms with E-state index in [1.54, 1.807) is 0 Å². The van der Waals surface area contributed by atoms with Gasteiger partial charge in [0.15, 0.2) is 0 Å². The molecule has 1 saturated carbocycles. The normalized spacial score (nSPS) is 26.3. The zero-order valence-corrected chi connectivity index (χ0v) is 14.1. The van der Waals surface area contributed by atoms with E-state index in [9.17, 15) is 0 Å². The summed E-state index contributed by atoms with van der Waals surface area (Å²) in [6, 6.07) is 8.49. The molecule has 108 valence electrons. The second-order valence-corrected chi connectivity index (χ2v) is 7.24. The SMILES string of the molecule is CC1CCC(C(C)C)C(Nc2ccc(C#N)cc2Br)C1. The highest BCUT2D eigenvalue weighted by Gasteiger charge is 2.30. The van der Waals surface area contributed by atoms with Crippen molar-refractivity contribution in [3.63, 3.8) is 0 Å². The molecule has 0 bridgehead atoms. The summed E-state index contributed by atoms with van der Waals surface area (Å²) < 4.78 is 0.984. The van der Waals surface area contributed by atoms with Crippen molar-refractivity contribution in [1.82, 2.24) is 0 Å². The largest absolute Gasteiger partial charge is 0.381 e. The second-order valence-electron chi connectivity index (χ2n) is 6.38. The van der Waals surface area contributed by atoms with Crippen molar-refractivity contribution in [2.45, 2.75) is 46.1 Å². The van der Waals surface area contributed by atoms with Gasteiger partial charge in [-0.3, -0.25) is 0 Å². The van der Waals surface area contributed by atoms with E-state index < -0.39 is 0 Å². The molecule has 3 unspecified atom stereocenters. The van der Waals surface area contributed by atoms with Crippen LogP contribution in [0.15, 0.2) is 22.7 Å². The predicted molar refractivity (Wildman–Crippen MR) is 87.6 cm³/mol. The Bertz CT molecular complexity index is 504. The minimum Gasteiger partial charge on any atom is -0.381 e. The highest BCUT2D eigenvalue weighted by Crippen LogP contribution is 2.36. The molecule has 1 aliphatic carbocycles. The molecule has 0 aromatic heterocycles. The van der Waals surface area contributed by atoms with Crippen molar-refractivity contribution in [2.24, 2.45) is 17.8 Å². The lowest BCUT2D eigenvalue weighted by Crippen LogP contribution is -2.37. The molecule has 0 heterocycles. The summed E-state index contributed by atoms with van der Waals surface area (Å²) in [5.74, 6) is 2.23. The van der Waals surface area contributed by atoms with Crippen molar-refractivity contribution in [1.29, 1.82) is 5.26 Å². The number of anilines is 1. The summed E-state index contributed by atoms with van der Waals surface area (Å²) in [4.78, 5) is 0. The Kier molecular flexibility index (Phi) is 5.10. The van der Waals surface area contributed by atoms with Crippen LogP contribution in [0.4, 0.5) is 5.69 Å². The van der Waals surface area contributed by atoms with E-state index in [0.29, 0.717) is 17.5 Å². The molecule has 1 aromatic rings. The molecule has 2 nitrogen and oxygen atoms in total. The Morgan fingerprint density at radius 2 is 2.10 bits per heavy atom. The summed E-state index contributed by atoms with van der Waals surface area (Å²) in [6.07, 6.45) is 3.88. The number of nitrogens with zero attached hydrogens (tertiary/aromatic N) is 1. The zero-order valence-electron chi connectivity index (χ0n) is 12.5. The van der Waals surface area contributed by atoms with Crippen molar-refractivity contribution in [3.8, 4) is 6.07 Å². The average Bonchev–Trinajstić information content (AvgIpc) is 2.40. The molecule has 0 spiro atoms. The van der Waals surface area contributed by atoms with Gasteiger partial charge in [-0.05, 0) is 64.7 Å². The van der Waals surface area contributed by atoms with Crippen molar-refractivity contribution in [3.05, 3.63) is 28.2 Å². The van der Waals surface area contributed by atoms with E-state index in [1.165, 1.54) is 19.3 Å².